The van der Waals surface area contributed by atoms with Gasteiger partial charge in [0.2, 0.25) is 5.76 Å². The number of carbonyl (C=O) groups excluding carboxylic acids is 1. The van der Waals surface area contributed by atoms with Crippen LogP contribution in [-0.2, 0) is 6.54 Å². The van der Waals surface area contributed by atoms with Crippen molar-refractivity contribution in [2.45, 2.75) is 19.5 Å². The van der Waals surface area contributed by atoms with E-state index in [1.165, 1.54) is 18.2 Å². The number of amides is 1. The molecule has 1 amide bonds. The summed E-state index contributed by atoms with van der Waals surface area (Å²) in [5.74, 6) is -0.876. The second-order valence-electron chi connectivity index (χ2n) is 7.80. The Morgan fingerprint density at radius 2 is 1.85 bits per heavy atom. The Morgan fingerprint density at radius 3 is 2.61 bits per heavy atom. The van der Waals surface area contributed by atoms with E-state index in [0.717, 1.165) is 11.6 Å². The monoisotopic (exact) mass is 445 g/mol. The number of nitrogens with zero attached hydrogens (tertiary/aromatic N) is 1. The highest BCUT2D eigenvalue weighted by Crippen LogP contribution is 2.41. The summed E-state index contributed by atoms with van der Waals surface area (Å²) in [7, 11) is 0. The molecule has 7 heteroatoms. The van der Waals surface area contributed by atoms with E-state index in [0.29, 0.717) is 12.2 Å². The maximum atomic E-state index is 13.9. The van der Waals surface area contributed by atoms with Crippen LogP contribution in [0.2, 0.25) is 0 Å². The van der Waals surface area contributed by atoms with E-state index < -0.39 is 23.2 Å². The molecule has 1 aliphatic rings. The standard InChI is InChI=1S/C26H20FNO5/c1-2-32-21-12-16(8-10-19(21)29)23-22-24(30)18-13-17(27)9-11-20(18)33-25(22)26(31)28(23)14-15-6-4-3-5-7-15/h3-13,23,29H,2,14H2,1H3/t23-/m1/s1. The van der Waals surface area contributed by atoms with Gasteiger partial charge in [0, 0.05) is 6.54 Å². The minimum absolute atomic E-state index is 0.0487. The van der Waals surface area contributed by atoms with Crippen LogP contribution in [0.5, 0.6) is 11.5 Å². The Hall–Kier alpha value is -4.13. The second kappa shape index (κ2) is 8.09. The normalized spacial score (nSPS) is 15.2. The first-order chi connectivity index (χ1) is 16.0. The number of carbonyl (C=O) groups is 1. The van der Waals surface area contributed by atoms with E-state index in [1.807, 2.05) is 30.3 Å². The van der Waals surface area contributed by atoms with Crippen molar-refractivity contribution in [3.8, 4) is 11.5 Å². The molecule has 166 valence electrons. The Balaban J connectivity index is 1.74. The summed E-state index contributed by atoms with van der Waals surface area (Å²) in [5.41, 5.74) is 1.26. The van der Waals surface area contributed by atoms with Gasteiger partial charge in [0.15, 0.2) is 16.9 Å². The van der Waals surface area contributed by atoms with E-state index in [-0.39, 0.29) is 40.3 Å². The molecule has 33 heavy (non-hydrogen) atoms. The Kier molecular flexibility index (Phi) is 5.09. The van der Waals surface area contributed by atoms with Gasteiger partial charge in [0.05, 0.1) is 23.6 Å². The zero-order valence-electron chi connectivity index (χ0n) is 17.7. The number of phenols is 1. The molecular weight excluding hydrogens is 425 g/mol. The Morgan fingerprint density at radius 1 is 1.06 bits per heavy atom. The van der Waals surface area contributed by atoms with E-state index in [4.69, 9.17) is 9.15 Å². The number of hydrogen-bond acceptors (Lipinski definition) is 5. The number of halogens is 1. The van der Waals surface area contributed by atoms with Crippen molar-refractivity contribution < 1.29 is 23.4 Å². The van der Waals surface area contributed by atoms with Crippen LogP contribution in [0.3, 0.4) is 0 Å². The lowest BCUT2D eigenvalue weighted by molar-refractivity contribution is 0.0714. The molecule has 0 fully saturated rings. The highest BCUT2D eigenvalue weighted by Gasteiger charge is 2.43. The van der Waals surface area contributed by atoms with E-state index >= 15 is 0 Å². The second-order valence-corrected chi connectivity index (χ2v) is 7.80. The molecule has 0 bridgehead atoms. The number of rotatable bonds is 5. The minimum Gasteiger partial charge on any atom is -0.504 e. The van der Waals surface area contributed by atoms with Crippen LogP contribution < -0.4 is 10.2 Å². The first kappa shape index (κ1) is 20.8. The molecule has 0 saturated carbocycles. The predicted molar refractivity (Wildman–Crippen MR) is 120 cm³/mol. The lowest BCUT2D eigenvalue weighted by Gasteiger charge is -2.25. The fourth-order valence-electron chi connectivity index (χ4n) is 4.25. The van der Waals surface area contributed by atoms with Gasteiger partial charge in [-0.2, -0.15) is 0 Å². The maximum absolute atomic E-state index is 13.9. The molecular formula is C26H20FNO5. The number of ether oxygens (including phenoxy) is 1. The lowest BCUT2D eigenvalue weighted by atomic mass is 9.97. The van der Waals surface area contributed by atoms with Crippen LogP contribution in [0, 0.1) is 5.82 Å². The van der Waals surface area contributed by atoms with Crippen molar-refractivity contribution in [2.24, 2.45) is 0 Å². The summed E-state index contributed by atoms with van der Waals surface area (Å²) in [5, 5.41) is 10.2. The summed E-state index contributed by atoms with van der Waals surface area (Å²) in [6.45, 7) is 2.35. The number of aromatic hydroxyl groups is 1. The number of phenolic OH excluding ortho intramolecular Hbond substituents is 1. The largest absolute Gasteiger partial charge is 0.504 e. The zero-order valence-corrected chi connectivity index (χ0v) is 17.7. The molecule has 5 rings (SSSR count). The van der Waals surface area contributed by atoms with Gasteiger partial charge in [-0.25, -0.2) is 4.39 Å². The molecule has 1 aliphatic heterocycles. The van der Waals surface area contributed by atoms with Gasteiger partial charge in [-0.3, -0.25) is 9.59 Å². The third-order valence-electron chi connectivity index (χ3n) is 5.72. The molecule has 0 aliphatic carbocycles. The first-order valence-electron chi connectivity index (χ1n) is 10.5. The van der Waals surface area contributed by atoms with Crippen molar-refractivity contribution in [1.29, 1.82) is 0 Å². The average Bonchev–Trinajstić information content (AvgIpc) is 3.08. The predicted octanol–water partition coefficient (Wildman–Crippen LogP) is 4.78. The molecule has 0 unspecified atom stereocenters. The SMILES string of the molecule is CCOc1cc([C@@H]2c3c(oc4ccc(F)cc4c3=O)C(=O)N2Cc2ccccc2)ccc1O. The molecule has 4 aromatic rings. The summed E-state index contributed by atoms with van der Waals surface area (Å²) < 4.78 is 25.3. The highest BCUT2D eigenvalue weighted by atomic mass is 19.1. The van der Waals surface area contributed by atoms with Gasteiger partial charge in [-0.15, -0.1) is 0 Å². The van der Waals surface area contributed by atoms with Crippen LogP contribution in [0.15, 0.2) is 75.9 Å². The van der Waals surface area contributed by atoms with Crippen LogP contribution in [0.25, 0.3) is 11.0 Å². The summed E-state index contributed by atoms with van der Waals surface area (Å²) in [6, 6.07) is 17.0. The lowest BCUT2D eigenvalue weighted by Crippen LogP contribution is -2.29. The summed E-state index contributed by atoms with van der Waals surface area (Å²) in [6.07, 6.45) is 0. The zero-order chi connectivity index (χ0) is 23.1. The van der Waals surface area contributed by atoms with Crippen molar-refractivity contribution in [3.05, 3.63) is 105 Å². The molecule has 0 saturated heterocycles. The summed E-state index contributed by atoms with van der Waals surface area (Å²) >= 11 is 0. The molecule has 2 heterocycles. The van der Waals surface area contributed by atoms with E-state index in [9.17, 15) is 19.1 Å². The van der Waals surface area contributed by atoms with Gasteiger partial charge in [0.1, 0.15) is 11.4 Å². The third kappa shape index (κ3) is 3.51. The molecule has 6 nitrogen and oxygen atoms in total. The van der Waals surface area contributed by atoms with E-state index in [2.05, 4.69) is 0 Å². The summed E-state index contributed by atoms with van der Waals surface area (Å²) in [4.78, 5) is 28.5. The first-order valence-corrected chi connectivity index (χ1v) is 10.5. The maximum Gasteiger partial charge on any atom is 0.291 e. The van der Waals surface area contributed by atoms with Crippen molar-refractivity contribution in [3.63, 3.8) is 0 Å². The van der Waals surface area contributed by atoms with Gasteiger partial charge in [0.25, 0.3) is 5.91 Å². The smallest absolute Gasteiger partial charge is 0.291 e. The van der Waals surface area contributed by atoms with Gasteiger partial charge in [-0.05, 0) is 48.4 Å². The van der Waals surface area contributed by atoms with Crippen LogP contribution in [-0.4, -0.2) is 22.5 Å². The molecule has 1 aromatic heterocycles. The minimum atomic E-state index is -0.795. The van der Waals surface area contributed by atoms with Gasteiger partial charge in [-0.1, -0.05) is 36.4 Å². The molecule has 0 radical (unpaired) electrons. The Labute approximate surface area is 188 Å². The number of fused-ring (bicyclic) bond motifs is 2. The topological polar surface area (TPSA) is 80.0 Å². The van der Waals surface area contributed by atoms with Crippen molar-refractivity contribution >= 4 is 16.9 Å². The molecule has 1 N–H and O–H groups in total. The third-order valence-corrected chi connectivity index (χ3v) is 5.72. The molecule has 1 atom stereocenters. The number of benzene rings is 3. The molecule has 3 aromatic carbocycles. The molecule has 0 spiro atoms. The van der Waals surface area contributed by atoms with Crippen molar-refractivity contribution in [2.75, 3.05) is 6.61 Å². The number of hydrogen-bond donors (Lipinski definition) is 1. The quantitative estimate of drug-likeness (QED) is 0.478. The average molecular weight is 445 g/mol. The van der Waals surface area contributed by atoms with Crippen LogP contribution >= 0.6 is 0 Å². The fraction of sp³-hybridized carbons (Fsp3) is 0.154. The highest BCUT2D eigenvalue weighted by molar-refractivity contribution is 5.99. The van der Waals surface area contributed by atoms with Crippen LogP contribution in [0.1, 0.15) is 40.2 Å². The Bertz CT molecular complexity index is 1430. The van der Waals surface area contributed by atoms with Crippen LogP contribution in [0.4, 0.5) is 4.39 Å². The fourth-order valence-corrected chi connectivity index (χ4v) is 4.25. The van der Waals surface area contributed by atoms with E-state index in [1.54, 1.807) is 24.0 Å². The van der Waals surface area contributed by atoms with Crippen molar-refractivity contribution in [1.82, 2.24) is 4.90 Å². The van der Waals surface area contributed by atoms with Gasteiger partial charge >= 0.3 is 0 Å². The van der Waals surface area contributed by atoms with Gasteiger partial charge < -0.3 is 19.2 Å².